The van der Waals surface area contributed by atoms with Crippen molar-refractivity contribution in [2.75, 3.05) is 6.61 Å². The average molecular weight is 280 g/mol. The molecule has 21 heavy (non-hydrogen) atoms. The molecule has 0 saturated carbocycles. The summed E-state index contributed by atoms with van der Waals surface area (Å²) < 4.78 is 5.76. The van der Waals surface area contributed by atoms with Gasteiger partial charge in [-0.15, -0.1) is 0 Å². The van der Waals surface area contributed by atoms with Gasteiger partial charge in [0, 0.05) is 5.56 Å². The Kier molecular flexibility index (Phi) is 3.50. The second kappa shape index (κ2) is 5.32. The van der Waals surface area contributed by atoms with Crippen molar-refractivity contribution in [2.24, 2.45) is 10.4 Å². The summed E-state index contributed by atoms with van der Waals surface area (Å²) in [6.07, 6.45) is 0. The lowest BCUT2D eigenvalue weighted by molar-refractivity contribution is 0.235. The van der Waals surface area contributed by atoms with Gasteiger partial charge in [0.2, 0.25) is 5.90 Å². The minimum atomic E-state index is 0.110. The van der Waals surface area contributed by atoms with E-state index in [0.29, 0.717) is 12.5 Å². The summed E-state index contributed by atoms with van der Waals surface area (Å²) in [7, 11) is 0. The van der Waals surface area contributed by atoms with Crippen LogP contribution in [0.4, 0.5) is 0 Å². The molecule has 0 amide bonds. The average Bonchev–Trinajstić information content (AvgIpc) is 2.98. The Bertz CT molecular complexity index is 656. The molecular weight excluding hydrogens is 260 g/mol. The number of aromatic nitrogens is 1. The van der Waals surface area contributed by atoms with Crippen LogP contribution in [0.2, 0.25) is 0 Å². The van der Waals surface area contributed by atoms with Crippen LogP contribution in [0.5, 0.6) is 0 Å². The van der Waals surface area contributed by atoms with Gasteiger partial charge in [0.1, 0.15) is 12.3 Å². The van der Waals surface area contributed by atoms with Crippen LogP contribution in [0.3, 0.4) is 0 Å². The Morgan fingerprint density at radius 1 is 0.952 bits per heavy atom. The predicted molar refractivity (Wildman–Crippen MR) is 85.4 cm³/mol. The first kappa shape index (κ1) is 13.8. The molecule has 2 aromatic rings. The fraction of sp³-hybridized carbons (Fsp3) is 0.333. The van der Waals surface area contributed by atoms with E-state index < -0.39 is 0 Å². The van der Waals surface area contributed by atoms with E-state index in [2.05, 4.69) is 37.9 Å². The topological polar surface area (TPSA) is 34.5 Å². The number of hydrogen-bond donors (Lipinski definition) is 0. The fourth-order valence-electron chi connectivity index (χ4n) is 2.28. The standard InChI is InChI=1S/C18H20N2O/c1-18(2,3)16-12-21-17(20-16)15-11-7-10-14(19-15)13-8-5-4-6-9-13/h4-11,16H,12H2,1-3H3. The van der Waals surface area contributed by atoms with Gasteiger partial charge in [-0.05, 0) is 17.5 Å². The third-order valence-corrected chi connectivity index (χ3v) is 3.69. The highest BCUT2D eigenvalue weighted by Gasteiger charge is 2.31. The smallest absolute Gasteiger partial charge is 0.235 e. The number of pyridine rings is 1. The van der Waals surface area contributed by atoms with Crippen LogP contribution in [0.15, 0.2) is 53.5 Å². The van der Waals surface area contributed by atoms with Crippen LogP contribution in [0, 0.1) is 5.41 Å². The highest BCUT2D eigenvalue weighted by atomic mass is 16.5. The number of nitrogens with zero attached hydrogens (tertiary/aromatic N) is 2. The van der Waals surface area contributed by atoms with Gasteiger partial charge in [0.05, 0.1) is 11.7 Å². The van der Waals surface area contributed by atoms with Crippen LogP contribution in [0.1, 0.15) is 26.5 Å². The van der Waals surface area contributed by atoms with Crippen molar-refractivity contribution in [1.82, 2.24) is 4.98 Å². The molecule has 0 fully saturated rings. The van der Waals surface area contributed by atoms with Crippen molar-refractivity contribution in [1.29, 1.82) is 0 Å². The van der Waals surface area contributed by atoms with Crippen LogP contribution >= 0.6 is 0 Å². The van der Waals surface area contributed by atoms with Gasteiger partial charge in [-0.1, -0.05) is 57.2 Å². The first-order chi connectivity index (χ1) is 10.0. The fourth-order valence-corrected chi connectivity index (χ4v) is 2.28. The SMILES string of the molecule is CC(C)(C)C1COC(c2cccc(-c3ccccc3)n2)=N1. The summed E-state index contributed by atoms with van der Waals surface area (Å²) in [5, 5.41) is 0. The van der Waals surface area contributed by atoms with E-state index in [1.165, 1.54) is 0 Å². The molecule has 2 heterocycles. The Labute approximate surface area is 125 Å². The van der Waals surface area contributed by atoms with Crippen molar-refractivity contribution >= 4 is 5.90 Å². The first-order valence-electron chi connectivity index (χ1n) is 7.27. The normalized spacial score (nSPS) is 18.2. The maximum Gasteiger partial charge on any atom is 0.235 e. The Morgan fingerprint density at radius 3 is 2.33 bits per heavy atom. The lowest BCUT2D eigenvalue weighted by atomic mass is 9.88. The molecule has 3 nitrogen and oxygen atoms in total. The summed E-state index contributed by atoms with van der Waals surface area (Å²) in [6.45, 7) is 7.18. The Morgan fingerprint density at radius 2 is 1.67 bits per heavy atom. The summed E-state index contributed by atoms with van der Waals surface area (Å²) in [5.74, 6) is 0.660. The van der Waals surface area contributed by atoms with Gasteiger partial charge < -0.3 is 4.74 Å². The third kappa shape index (κ3) is 2.97. The molecule has 1 aromatic heterocycles. The quantitative estimate of drug-likeness (QED) is 0.835. The first-order valence-corrected chi connectivity index (χ1v) is 7.27. The lowest BCUT2D eigenvalue weighted by Crippen LogP contribution is -2.25. The van der Waals surface area contributed by atoms with Crippen molar-refractivity contribution in [3.8, 4) is 11.3 Å². The van der Waals surface area contributed by atoms with Crippen molar-refractivity contribution in [3.63, 3.8) is 0 Å². The van der Waals surface area contributed by atoms with Crippen LogP contribution in [-0.4, -0.2) is 23.5 Å². The van der Waals surface area contributed by atoms with Crippen molar-refractivity contribution in [2.45, 2.75) is 26.8 Å². The molecule has 3 heteroatoms. The number of benzene rings is 1. The largest absolute Gasteiger partial charge is 0.474 e. The molecule has 0 spiro atoms. The van der Waals surface area contributed by atoms with Crippen LogP contribution < -0.4 is 0 Å². The number of aliphatic imine (C=N–C) groups is 1. The van der Waals surface area contributed by atoms with Gasteiger partial charge in [-0.3, -0.25) is 0 Å². The van der Waals surface area contributed by atoms with Gasteiger partial charge in [0.25, 0.3) is 0 Å². The van der Waals surface area contributed by atoms with E-state index in [0.717, 1.165) is 17.0 Å². The Hall–Kier alpha value is -2.16. The molecule has 0 bridgehead atoms. The highest BCUT2D eigenvalue weighted by Crippen LogP contribution is 2.27. The molecular formula is C18H20N2O. The zero-order chi connectivity index (χ0) is 14.9. The minimum absolute atomic E-state index is 0.110. The van der Waals surface area contributed by atoms with Gasteiger partial charge in [-0.25, -0.2) is 9.98 Å². The second-order valence-corrected chi connectivity index (χ2v) is 6.40. The second-order valence-electron chi connectivity index (χ2n) is 6.40. The minimum Gasteiger partial charge on any atom is -0.474 e. The lowest BCUT2D eigenvalue weighted by Gasteiger charge is -2.21. The summed E-state index contributed by atoms with van der Waals surface area (Å²) in [5.41, 5.74) is 2.96. The van der Waals surface area contributed by atoms with E-state index in [-0.39, 0.29) is 11.5 Å². The van der Waals surface area contributed by atoms with E-state index in [1.54, 1.807) is 0 Å². The zero-order valence-corrected chi connectivity index (χ0v) is 12.7. The Balaban J connectivity index is 1.91. The molecule has 0 radical (unpaired) electrons. The molecule has 3 rings (SSSR count). The molecule has 1 aliphatic rings. The summed E-state index contributed by atoms with van der Waals surface area (Å²) in [6, 6.07) is 16.3. The van der Waals surface area contributed by atoms with E-state index in [9.17, 15) is 0 Å². The van der Waals surface area contributed by atoms with Crippen LogP contribution in [-0.2, 0) is 4.74 Å². The highest BCUT2D eigenvalue weighted by molar-refractivity contribution is 5.93. The number of hydrogen-bond acceptors (Lipinski definition) is 3. The van der Waals surface area contributed by atoms with Gasteiger partial charge in [-0.2, -0.15) is 0 Å². The third-order valence-electron chi connectivity index (χ3n) is 3.69. The maximum absolute atomic E-state index is 5.76. The summed E-state index contributed by atoms with van der Waals surface area (Å²) in [4.78, 5) is 9.38. The molecule has 0 aliphatic carbocycles. The van der Waals surface area contributed by atoms with E-state index in [4.69, 9.17) is 9.73 Å². The monoisotopic (exact) mass is 280 g/mol. The molecule has 108 valence electrons. The van der Waals surface area contributed by atoms with E-state index in [1.807, 2.05) is 36.4 Å². The van der Waals surface area contributed by atoms with Crippen LogP contribution in [0.25, 0.3) is 11.3 Å². The number of rotatable bonds is 2. The van der Waals surface area contributed by atoms with Gasteiger partial charge >= 0.3 is 0 Å². The molecule has 1 aromatic carbocycles. The van der Waals surface area contributed by atoms with Crippen molar-refractivity contribution in [3.05, 3.63) is 54.2 Å². The number of ether oxygens (including phenoxy) is 1. The van der Waals surface area contributed by atoms with E-state index >= 15 is 0 Å². The van der Waals surface area contributed by atoms with Gasteiger partial charge in [0.15, 0.2) is 0 Å². The summed E-state index contributed by atoms with van der Waals surface area (Å²) >= 11 is 0. The molecule has 0 saturated heterocycles. The molecule has 1 atom stereocenters. The molecule has 1 aliphatic heterocycles. The zero-order valence-electron chi connectivity index (χ0n) is 12.7. The molecule has 0 N–H and O–H groups in total. The maximum atomic E-state index is 5.76. The van der Waals surface area contributed by atoms with Crippen molar-refractivity contribution < 1.29 is 4.74 Å². The molecule has 1 unspecified atom stereocenters. The predicted octanol–water partition coefficient (Wildman–Crippen LogP) is 3.94.